The van der Waals surface area contributed by atoms with Crippen LogP contribution in [0.25, 0.3) is 10.6 Å². The summed E-state index contributed by atoms with van der Waals surface area (Å²) >= 11 is 12.6. The van der Waals surface area contributed by atoms with E-state index in [0.717, 1.165) is 20.1 Å². The molecule has 2 aliphatic heterocycles. The number of thioether (sulfide) groups is 1. The van der Waals surface area contributed by atoms with Crippen LogP contribution in [0.15, 0.2) is 92.0 Å². The molecule has 0 atom stereocenters. The zero-order valence-corrected chi connectivity index (χ0v) is 24.8. The minimum atomic E-state index is -0.280. The molecule has 0 unspecified atom stereocenters. The molecule has 4 aromatic rings. The number of rotatable bonds is 3. The number of halogens is 2. The molecule has 0 bridgehead atoms. The zero-order valence-electron chi connectivity index (χ0n) is 20.8. The third kappa shape index (κ3) is 4.61. The first kappa shape index (κ1) is 25.9. The molecule has 11 heteroatoms. The molecular weight excluding hydrogens is 618 g/mol. The molecule has 0 saturated carbocycles. The standard InChI is InChI=1S/C28H21BrClN5O2S2/c1-3-34-26(37)23(28-33(2)20-15-17(30)12-13-21(20)38-28)39-27(34)22-24(31-18-9-7-8-16(29)14-18)32-35(25(22)36)19-10-5-4-6-11-19/h4-15H,3H2,1-2H3,(H,31,32)/b27-22?,28-23-. The summed E-state index contributed by atoms with van der Waals surface area (Å²) in [6, 6.07) is 22.5. The van der Waals surface area contributed by atoms with Gasteiger partial charge in [0.1, 0.15) is 19.8 Å². The van der Waals surface area contributed by atoms with Crippen molar-refractivity contribution >= 4 is 90.0 Å². The summed E-state index contributed by atoms with van der Waals surface area (Å²) in [5.41, 5.74) is 5.68. The SMILES string of the molecule is CCn1c(=C2C(=O)N(c3ccccc3)NC2=Nc2cccc(Br)c2)s/c(=C2\Sc3ccc(Cl)cc3N2C)c1=O. The molecule has 196 valence electrons. The Hall–Kier alpha value is -3.31. The fourth-order valence-electron chi connectivity index (χ4n) is 4.47. The number of hydrazine groups is 1. The van der Waals surface area contributed by atoms with Crippen molar-refractivity contribution in [2.75, 3.05) is 17.0 Å². The van der Waals surface area contributed by atoms with Crippen LogP contribution in [-0.2, 0) is 11.3 Å². The average Bonchev–Trinajstić information content (AvgIpc) is 3.54. The Bertz CT molecular complexity index is 1850. The van der Waals surface area contributed by atoms with Crippen LogP contribution < -0.4 is 30.1 Å². The van der Waals surface area contributed by atoms with Crippen LogP contribution in [0, 0.1) is 0 Å². The summed E-state index contributed by atoms with van der Waals surface area (Å²) in [6.45, 7) is 2.30. The molecular formula is C28H21BrClN5O2S2. The van der Waals surface area contributed by atoms with Gasteiger partial charge in [0.15, 0.2) is 5.84 Å². The van der Waals surface area contributed by atoms with Crippen molar-refractivity contribution in [3.63, 3.8) is 0 Å². The second-order valence-corrected chi connectivity index (χ2v) is 12.1. The number of amidine groups is 1. The molecule has 6 rings (SSSR count). The van der Waals surface area contributed by atoms with Gasteiger partial charge in [0.25, 0.3) is 11.5 Å². The fraction of sp³-hybridized carbons (Fsp3) is 0.107. The largest absolute Gasteiger partial charge is 0.337 e. The lowest BCUT2D eigenvalue weighted by Crippen LogP contribution is -2.35. The highest BCUT2D eigenvalue weighted by Crippen LogP contribution is 2.46. The first-order chi connectivity index (χ1) is 18.9. The number of aliphatic imine (C=N–C) groups is 1. The number of hydrogen-bond acceptors (Lipinski definition) is 6. The Labute approximate surface area is 245 Å². The van der Waals surface area contributed by atoms with Crippen LogP contribution in [0.2, 0.25) is 5.02 Å². The highest BCUT2D eigenvalue weighted by molar-refractivity contribution is 9.10. The Morgan fingerprint density at radius 2 is 1.82 bits per heavy atom. The molecule has 1 N–H and O–H groups in total. The van der Waals surface area contributed by atoms with Crippen molar-refractivity contribution in [2.45, 2.75) is 18.4 Å². The molecule has 1 saturated heterocycles. The van der Waals surface area contributed by atoms with Crippen molar-refractivity contribution in [1.82, 2.24) is 9.99 Å². The molecule has 2 aliphatic rings. The normalized spacial score (nSPS) is 18.7. The lowest BCUT2D eigenvalue weighted by atomic mass is 10.2. The molecule has 1 amide bonds. The van der Waals surface area contributed by atoms with E-state index in [2.05, 4.69) is 21.4 Å². The Balaban J connectivity index is 1.61. The Morgan fingerprint density at radius 1 is 1.03 bits per heavy atom. The number of thiazole rings is 1. The van der Waals surface area contributed by atoms with Crippen molar-refractivity contribution in [3.05, 3.63) is 102 Å². The highest BCUT2D eigenvalue weighted by Gasteiger charge is 2.36. The molecule has 0 radical (unpaired) electrons. The van der Waals surface area contributed by atoms with E-state index in [0.29, 0.717) is 43.5 Å². The molecule has 1 fully saturated rings. The van der Waals surface area contributed by atoms with Crippen LogP contribution >= 0.6 is 50.6 Å². The van der Waals surface area contributed by atoms with Crippen LogP contribution in [0.5, 0.6) is 0 Å². The van der Waals surface area contributed by atoms with E-state index < -0.39 is 0 Å². The predicted molar refractivity (Wildman–Crippen MR) is 164 cm³/mol. The summed E-state index contributed by atoms with van der Waals surface area (Å²) in [4.78, 5) is 35.5. The first-order valence-electron chi connectivity index (χ1n) is 12.1. The van der Waals surface area contributed by atoms with Crippen LogP contribution in [0.1, 0.15) is 6.92 Å². The monoisotopic (exact) mass is 637 g/mol. The Morgan fingerprint density at radius 3 is 2.56 bits per heavy atom. The predicted octanol–water partition coefficient (Wildman–Crippen LogP) is 5.09. The van der Waals surface area contributed by atoms with Gasteiger partial charge in [0.05, 0.1) is 17.1 Å². The maximum Gasteiger partial charge on any atom is 0.283 e. The Kier molecular flexibility index (Phi) is 6.88. The van der Waals surface area contributed by atoms with E-state index in [1.807, 2.05) is 91.7 Å². The molecule has 1 aromatic heterocycles. The van der Waals surface area contributed by atoms with E-state index in [1.54, 1.807) is 4.57 Å². The third-order valence-electron chi connectivity index (χ3n) is 6.34. The summed E-state index contributed by atoms with van der Waals surface area (Å²) in [5, 5.41) is 2.91. The van der Waals surface area contributed by atoms with Crippen LogP contribution in [0.3, 0.4) is 0 Å². The van der Waals surface area contributed by atoms with Crippen molar-refractivity contribution in [1.29, 1.82) is 0 Å². The molecule has 3 heterocycles. The van der Waals surface area contributed by atoms with E-state index in [4.69, 9.17) is 16.6 Å². The van der Waals surface area contributed by atoms with E-state index in [1.165, 1.54) is 28.1 Å². The second-order valence-electron chi connectivity index (χ2n) is 8.77. The van der Waals surface area contributed by atoms with Gasteiger partial charge in [-0.25, -0.2) is 10.0 Å². The average molecular weight is 639 g/mol. The maximum absolute atomic E-state index is 14.0. The second kappa shape index (κ2) is 10.3. The number of hydrogen-bond donors (Lipinski definition) is 1. The summed E-state index contributed by atoms with van der Waals surface area (Å²) in [6.07, 6.45) is 0. The van der Waals surface area contributed by atoms with Crippen molar-refractivity contribution < 1.29 is 4.79 Å². The summed E-state index contributed by atoms with van der Waals surface area (Å²) in [5.74, 6) is 0.0990. The summed E-state index contributed by atoms with van der Waals surface area (Å²) in [7, 11) is 1.92. The maximum atomic E-state index is 14.0. The van der Waals surface area contributed by atoms with Gasteiger partial charge in [-0.05, 0) is 55.5 Å². The van der Waals surface area contributed by atoms with Crippen LogP contribution in [0.4, 0.5) is 17.1 Å². The van der Waals surface area contributed by atoms with Crippen LogP contribution in [-0.4, -0.2) is 23.4 Å². The number of anilines is 2. The van der Waals surface area contributed by atoms with Gasteiger partial charge < -0.3 is 4.90 Å². The molecule has 39 heavy (non-hydrogen) atoms. The number of carbonyl (C=O) groups is 1. The molecule has 3 aromatic carbocycles. The third-order valence-corrected chi connectivity index (χ3v) is 9.62. The highest BCUT2D eigenvalue weighted by atomic mass is 79.9. The van der Waals surface area contributed by atoms with Crippen molar-refractivity contribution in [3.8, 4) is 0 Å². The summed E-state index contributed by atoms with van der Waals surface area (Å²) < 4.78 is 3.64. The molecule has 0 aliphatic carbocycles. The number of fused-ring (bicyclic) bond motifs is 1. The lowest BCUT2D eigenvalue weighted by Gasteiger charge is -2.14. The van der Waals surface area contributed by atoms with Gasteiger partial charge in [-0.3, -0.25) is 19.6 Å². The number of carbonyl (C=O) groups excluding carboxylic acids is 1. The number of aromatic nitrogens is 1. The number of amides is 1. The quantitative estimate of drug-likeness (QED) is 0.339. The van der Waals surface area contributed by atoms with Gasteiger partial charge >= 0.3 is 0 Å². The molecule has 7 nitrogen and oxygen atoms in total. The van der Waals surface area contributed by atoms with E-state index in [-0.39, 0.29) is 11.5 Å². The van der Waals surface area contributed by atoms with Gasteiger partial charge in [0, 0.05) is 28.0 Å². The molecule has 0 spiro atoms. The topological polar surface area (TPSA) is 69.9 Å². The number of nitrogens with one attached hydrogen (secondary N) is 1. The van der Waals surface area contributed by atoms with Gasteiger partial charge in [0.2, 0.25) is 0 Å². The first-order valence-corrected chi connectivity index (χ1v) is 14.9. The van der Waals surface area contributed by atoms with Gasteiger partial charge in [-0.1, -0.05) is 63.6 Å². The van der Waals surface area contributed by atoms with Gasteiger partial charge in [-0.15, -0.1) is 11.3 Å². The van der Waals surface area contributed by atoms with Gasteiger partial charge in [-0.2, -0.15) is 0 Å². The number of nitrogens with zero attached hydrogens (tertiary/aromatic N) is 4. The smallest absolute Gasteiger partial charge is 0.283 e. The van der Waals surface area contributed by atoms with Crippen molar-refractivity contribution in [2.24, 2.45) is 4.99 Å². The van der Waals surface area contributed by atoms with E-state index >= 15 is 0 Å². The fourth-order valence-corrected chi connectivity index (χ4v) is 7.56. The lowest BCUT2D eigenvalue weighted by molar-refractivity contribution is -0.113. The zero-order chi connectivity index (χ0) is 27.3. The minimum Gasteiger partial charge on any atom is -0.337 e. The van der Waals surface area contributed by atoms with E-state index in [9.17, 15) is 9.59 Å². The number of para-hydroxylation sites is 1. The number of benzene rings is 3. The minimum absolute atomic E-state index is 0.147.